The molecule has 1 aromatic carbocycles. The van der Waals surface area contributed by atoms with Crippen molar-refractivity contribution in [2.45, 2.75) is 19.4 Å². The minimum atomic E-state index is -0.551. The van der Waals surface area contributed by atoms with Gasteiger partial charge in [-0.3, -0.25) is 9.69 Å². The van der Waals surface area contributed by atoms with Gasteiger partial charge in [0.05, 0.1) is 0 Å². The molecule has 1 aromatic rings. The van der Waals surface area contributed by atoms with Crippen LogP contribution >= 0.6 is 0 Å². The molecule has 2 N–H and O–H groups in total. The van der Waals surface area contributed by atoms with Crippen LogP contribution in [0.5, 0.6) is 5.75 Å². The number of carbonyl (C=O) groups excluding carboxylic acids is 1. The molecule has 0 bridgehead atoms. The van der Waals surface area contributed by atoms with Crippen LogP contribution in [0.1, 0.15) is 12.0 Å². The minimum absolute atomic E-state index is 0.0814. The van der Waals surface area contributed by atoms with E-state index in [-0.39, 0.29) is 12.5 Å². The van der Waals surface area contributed by atoms with Gasteiger partial charge in [-0.15, -0.1) is 0 Å². The molecule has 1 aliphatic heterocycles. The van der Waals surface area contributed by atoms with Crippen LogP contribution in [0.25, 0.3) is 0 Å². The van der Waals surface area contributed by atoms with Gasteiger partial charge in [-0.25, -0.2) is 0 Å². The predicted octanol–water partition coefficient (Wildman–Crippen LogP) is 0.557. The predicted molar refractivity (Wildman–Crippen MR) is 76.7 cm³/mol. The lowest BCUT2D eigenvalue weighted by Gasteiger charge is -2.22. The molecule has 0 aromatic heterocycles. The van der Waals surface area contributed by atoms with Gasteiger partial charge in [-0.2, -0.15) is 0 Å². The zero-order valence-corrected chi connectivity index (χ0v) is 11.8. The lowest BCUT2D eigenvalue weighted by Crippen LogP contribution is -2.37. The van der Waals surface area contributed by atoms with Crippen LogP contribution in [0.3, 0.4) is 0 Å². The second kappa shape index (κ2) is 7.26. The molecule has 0 radical (unpaired) electrons. The van der Waals surface area contributed by atoms with Gasteiger partial charge in [0.25, 0.3) is 0 Å². The van der Waals surface area contributed by atoms with E-state index in [9.17, 15) is 9.90 Å². The number of carbonyl (C=O) groups is 1. The first-order valence-electron chi connectivity index (χ1n) is 7.00. The summed E-state index contributed by atoms with van der Waals surface area (Å²) in [5.74, 6) is 0.847. The highest BCUT2D eigenvalue weighted by Crippen LogP contribution is 2.11. The van der Waals surface area contributed by atoms with E-state index in [4.69, 9.17) is 4.74 Å². The molecular formula is C15H22N2O3. The SMILES string of the molecule is Cc1ccc(OCC(O)CN2CCNC(=O)CC2)cc1. The third-order valence-corrected chi connectivity index (χ3v) is 3.34. The van der Waals surface area contributed by atoms with Crippen LogP contribution in [0, 0.1) is 6.92 Å². The van der Waals surface area contributed by atoms with Gasteiger partial charge >= 0.3 is 0 Å². The van der Waals surface area contributed by atoms with Crippen molar-refractivity contribution in [1.29, 1.82) is 0 Å². The summed E-state index contributed by atoms with van der Waals surface area (Å²) < 4.78 is 5.56. The summed E-state index contributed by atoms with van der Waals surface area (Å²) in [4.78, 5) is 13.3. The first-order valence-corrected chi connectivity index (χ1v) is 7.00. The van der Waals surface area contributed by atoms with E-state index < -0.39 is 6.10 Å². The Morgan fingerprint density at radius 2 is 2.10 bits per heavy atom. The number of rotatable bonds is 5. The fourth-order valence-corrected chi connectivity index (χ4v) is 2.17. The number of aryl methyl sites for hydroxylation is 1. The first-order chi connectivity index (χ1) is 9.63. The fraction of sp³-hybridized carbons (Fsp3) is 0.533. The number of nitrogens with zero attached hydrogens (tertiary/aromatic N) is 1. The van der Waals surface area contributed by atoms with E-state index in [0.29, 0.717) is 26.1 Å². The molecule has 0 saturated carbocycles. The van der Waals surface area contributed by atoms with Crippen LogP contribution in [-0.2, 0) is 4.79 Å². The highest BCUT2D eigenvalue weighted by molar-refractivity contribution is 5.76. The summed E-state index contributed by atoms with van der Waals surface area (Å²) >= 11 is 0. The maximum atomic E-state index is 11.2. The number of β-amino-alcohol motifs (C(OH)–C–C–N with tert-alkyl or cyclic N) is 1. The van der Waals surface area contributed by atoms with Crippen LogP contribution in [0.15, 0.2) is 24.3 Å². The Labute approximate surface area is 119 Å². The average Bonchev–Trinajstić information content (AvgIpc) is 2.63. The number of amides is 1. The molecule has 5 nitrogen and oxygen atoms in total. The number of benzene rings is 1. The van der Waals surface area contributed by atoms with Crippen molar-refractivity contribution in [1.82, 2.24) is 10.2 Å². The van der Waals surface area contributed by atoms with Gasteiger partial charge in [0, 0.05) is 32.6 Å². The Morgan fingerprint density at radius 1 is 1.35 bits per heavy atom. The Kier molecular flexibility index (Phi) is 5.38. The van der Waals surface area contributed by atoms with E-state index in [1.165, 1.54) is 5.56 Å². The molecule has 1 amide bonds. The van der Waals surface area contributed by atoms with E-state index in [0.717, 1.165) is 12.3 Å². The molecule has 110 valence electrons. The molecule has 1 fully saturated rings. The van der Waals surface area contributed by atoms with Crippen molar-refractivity contribution >= 4 is 5.91 Å². The Hall–Kier alpha value is -1.59. The zero-order chi connectivity index (χ0) is 14.4. The zero-order valence-electron chi connectivity index (χ0n) is 11.8. The van der Waals surface area contributed by atoms with E-state index >= 15 is 0 Å². The fourth-order valence-electron chi connectivity index (χ4n) is 2.17. The average molecular weight is 278 g/mol. The lowest BCUT2D eigenvalue weighted by atomic mass is 10.2. The normalized spacial score (nSPS) is 18.2. The second-order valence-corrected chi connectivity index (χ2v) is 5.18. The summed E-state index contributed by atoms with van der Waals surface area (Å²) in [6, 6.07) is 7.76. The molecule has 5 heteroatoms. The summed E-state index contributed by atoms with van der Waals surface area (Å²) in [5.41, 5.74) is 1.18. The van der Waals surface area contributed by atoms with Crippen molar-refractivity contribution in [3.05, 3.63) is 29.8 Å². The van der Waals surface area contributed by atoms with Gasteiger partial charge in [0.1, 0.15) is 18.5 Å². The van der Waals surface area contributed by atoms with Crippen LogP contribution in [0.2, 0.25) is 0 Å². The maximum Gasteiger partial charge on any atom is 0.221 e. The number of ether oxygens (including phenoxy) is 1. The van der Waals surface area contributed by atoms with Crippen molar-refractivity contribution in [3.8, 4) is 5.75 Å². The van der Waals surface area contributed by atoms with Gasteiger partial charge in [-0.1, -0.05) is 17.7 Å². The molecular weight excluding hydrogens is 256 g/mol. The molecule has 1 unspecified atom stereocenters. The van der Waals surface area contributed by atoms with E-state index in [1.54, 1.807) is 0 Å². The molecule has 0 aliphatic carbocycles. The maximum absolute atomic E-state index is 11.2. The summed E-state index contributed by atoms with van der Waals surface area (Å²) in [7, 11) is 0. The third kappa shape index (κ3) is 4.83. The van der Waals surface area contributed by atoms with Crippen LogP contribution in [0.4, 0.5) is 0 Å². The summed E-state index contributed by atoms with van der Waals surface area (Å²) in [6.07, 6.45) is -0.0598. The highest BCUT2D eigenvalue weighted by Gasteiger charge is 2.16. The molecule has 0 spiro atoms. The third-order valence-electron chi connectivity index (χ3n) is 3.34. The monoisotopic (exact) mass is 278 g/mol. The number of nitrogens with one attached hydrogen (secondary N) is 1. The molecule has 2 rings (SSSR count). The van der Waals surface area contributed by atoms with E-state index in [1.807, 2.05) is 31.2 Å². The molecule has 20 heavy (non-hydrogen) atoms. The molecule has 1 aliphatic rings. The molecule has 1 atom stereocenters. The highest BCUT2D eigenvalue weighted by atomic mass is 16.5. The number of aliphatic hydroxyl groups is 1. The Balaban J connectivity index is 1.73. The van der Waals surface area contributed by atoms with Gasteiger partial charge in [0.15, 0.2) is 0 Å². The number of hydrogen-bond donors (Lipinski definition) is 2. The van der Waals surface area contributed by atoms with Crippen molar-refractivity contribution in [3.63, 3.8) is 0 Å². The smallest absolute Gasteiger partial charge is 0.221 e. The first kappa shape index (κ1) is 14.8. The van der Waals surface area contributed by atoms with Gasteiger partial charge < -0.3 is 15.2 Å². The van der Waals surface area contributed by atoms with Crippen molar-refractivity contribution < 1.29 is 14.6 Å². The van der Waals surface area contributed by atoms with Crippen molar-refractivity contribution in [2.75, 3.05) is 32.8 Å². The lowest BCUT2D eigenvalue weighted by molar-refractivity contribution is -0.120. The van der Waals surface area contributed by atoms with E-state index in [2.05, 4.69) is 10.2 Å². The standard InChI is InChI=1S/C15H22N2O3/c1-12-2-4-14(5-3-12)20-11-13(18)10-17-8-6-15(19)16-7-9-17/h2-5,13,18H,6-11H2,1H3,(H,16,19). The minimum Gasteiger partial charge on any atom is -0.491 e. The van der Waals surface area contributed by atoms with Gasteiger partial charge in [-0.05, 0) is 19.1 Å². The largest absolute Gasteiger partial charge is 0.491 e. The van der Waals surface area contributed by atoms with Crippen LogP contribution in [-0.4, -0.2) is 54.8 Å². The Morgan fingerprint density at radius 3 is 2.85 bits per heavy atom. The molecule has 1 heterocycles. The van der Waals surface area contributed by atoms with Crippen molar-refractivity contribution in [2.24, 2.45) is 0 Å². The number of hydrogen-bond acceptors (Lipinski definition) is 4. The van der Waals surface area contributed by atoms with Crippen LogP contribution < -0.4 is 10.1 Å². The van der Waals surface area contributed by atoms with Gasteiger partial charge in [0.2, 0.25) is 5.91 Å². The topological polar surface area (TPSA) is 61.8 Å². The Bertz CT molecular complexity index is 433. The summed E-state index contributed by atoms with van der Waals surface area (Å²) in [5, 5.41) is 12.8. The summed E-state index contributed by atoms with van der Waals surface area (Å²) in [6.45, 7) is 4.92. The number of aliphatic hydroxyl groups excluding tert-OH is 1. The quantitative estimate of drug-likeness (QED) is 0.826. The second-order valence-electron chi connectivity index (χ2n) is 5.18. The molecule has 1 saturated heterocycles.